The molecule has 1 aromatic heterocycles. The van der Waals surface area contributed by atoms with Gasteiger partial charge in [-0.2, -0.15) is 0 Å². The van der Waals surface area contributed by atoms with Crippen LogP contribution >= 0.6 is 27.5 Å². The zero-order valence-corrected chi connectivity index (χ0v) is 13.0. The number of carbonyl (C=O) groups excluding carboxylic acids is 1. The van der Waals surface area contributed by atoms with Crippen LogP contribution in [0.25, 0.3) is 0 Å². The molecule has 1 aromatic rings. The number of alkyl halides is 1. The van der Waals surface area contributed by atoms with Gasteiger partial charge in [0.15, 0.2) is 0 Å². The Morgan fingerprint density at radius 2 is 2.18 bits per heavy atom. The Morgan fingerprint density at radius 3 is 2.71 bits per heavy atom. The number of nitrogens with zero attached hydrogens (tertiary/aromatic N) is 2. The van der Waals surface area contributed by atoms with Crippen LogP contribution in [-0.4, -0.2) is 26.9 Å². The maximum atomic E-state index is 12.1. The summed E-state index contributed by atoms with van der Waals surface area (Å²) in [6.07, 6.45) is 0.906. The molecule has 0 radical (unpaired) electrons. The van der Waals surface area contributed by atoms with Crippen LogP contribution < -0.4 is 5.32 Å². The number of amides is 1. The van der Waals surface area contributed by atoms with Crippen molar-refractivity contribution in [1.82, 2.24) is 14.9 Å². The number of rotatable bonds is 4. The van der Waals surface area contributed by atoms with E-state index in [1.807, 2.05) is 27.7 Å². The van der Waals surface area contributed by atoms with Crippen molar-refractivity contribution in [2.24, 2.45) is 0 Å². The van der Waals surface area contributed by atoms with E-state index in [1.54, 1.807) is 0 Å². The van der Waals surface area contributed by atoms with Crippen molar-refractivity contribution in [3.8, 4) is 0 Å². The highest BCUT2D eigenvalue weighted by Gasteiger charge is 2.26. The zero-order chi connectivity index (χ0) is 13.1. The van der Waals surface area contributed by atoms with E-state index in [4.69, 9.17) is 0 Å². The quantitative estimate of drug-likeness (QED) is 0.868. The molecular weight excluding hydrogens is 302 g/mol. The van der Waals surface area contributed by atoms with Crippen LogP contribution in [0.2, 0.25) is 0 Å². The molecule has 6 heteroatoms. The highest BCUT2D eigenvalue weighted by molar-refractivity contribution is 9.09. The molecular formula is C11H18BrN3OS. The van der Waals surface area contributed by atoms with E-state index < -0.39 is 0 Å². The second-order valence-corrected chi connectivity index (χ2v) is 6.60. The average Bonchev–Trinajstić information content (AvgIpc) is 2.65. The minimum absolute atomic E-state index is 0.0709. The molecule has 0 spiro atoms. The normalized spacial score (nSPS) is 13.5. The Kier molecular flexibility index (Phi) is 5.06. The summed E-state index contributed by atoms with van der Waals surface area (Å²) in [6, 6.07) is 0.150. The molecule has 0 aliphatic rings. The molecule has 0 fully saturated rings. The molecule has 17 heavy (non-hydrogen) atoms. The fourth-order valence-corrected chi connectivity index (χ4v) is 2.82. The van der Waals surface area contributed by atoms with E-state index in [-0.39, 0.29) is 17.4 Å². The maximum absolute atomic E-state index is 12.1. The number of hydrogen-bond acceptors (Lipinski definition) is 4. The second kappa shape index (κ2) is 5.91. The lowest BCUT2D eigenvalue weighted by molar-refractivity contribution is 0.0941. The lowest BCUT2D eigenvalue weighted by Gasteiger charge is -2.17. The molecule has 0 aliphatic heterocycles. The van der Waals surface area contributed by atoms with E-state index in [2.05, 4.69) is 30.8 Å². The summed E-state index contributed by atoms with van der Waals surface area (Å²) < 4.78 is 3.88. The molecule has 1 amide bonds. The molecule has 0 bridgehead atoms. The molecule has 1 N–H and O–H groups in total. The predicted molar refractivity (Wildman–Crippen MR) is 73.9 cm³/mol. The summed E-state index contributed by atoms with van der Waals surface area (Å²) in [5, 5.41) is 7.89. The van der Waals surface area contributed by atoms with Crippen LogP contribution in [0.4, 0.5) is 0 Å². The summed E-state index contributed by atoms with van der Waals surface area (Å²) >= 11 is 4.52. The molecule has 0 saturated carbocycles. The minimum atomic E-state index is -0.154. The number of halogens is 1. The van der Waals surface area contributed by atoms with Gasteiger partial charge in [-0.05, 0) is 24.9 Å². The zero-order valence-electron chi connectivity index (χ0n) is 10.6. The van der Waals surface area contributed by atoms with Crippen molar-refractivity contribution >= 4 is 33.4 Å². The minimum Gasteiger partial charge on any atom is -0.349 e. The van der Waals surface area contributed by atoms with Gasteiger partial charge in [0.1, 0.15) is 4.88 Å². The van der Waals surface area contributed by atoms with Crippen LogP contribution in [-0.2, 0) is 5.41 Å². The highest BCUT2D eigenvalue weighted by Crippen LogP contribution is 2.25. The molecule has 0 aromatic carbocycles. The van der Waals surface area contributed by atoms with Gasteiger partial charge >= 0.3 is 0 Å². The molecule has 1 rings (SSSR count). The lowest BCUT2D eigenvalue weighted by Crippen LogP contribution is -2.33. The van der Waals surface area contributed by atoms with Crippen molar-refractivity contribution in [2.45, 2.75) is 45.6 Å². The predicted octanol–water partition coefficient (Wildman–Crippen LogP) is 2.74. The van der Waals surface area contributed by atoms with E-state index in [0.29, 0.717) is 4.88 Å². The third-order valence-corrected chi connectivity index (χ3v) is 3.51. The Balaban J connectivity index is 2.80. The Hall–Kier alpha value is -0.490. The SMILES string of the molecule is CC(CCBr)NC(=O)c1snnc1C(C)(C)C. The third-order valence-electron chi connectivity index (χ3n) is 2.32. The van der Waals surface area contributed by atoms with E-state index >= 15 is 0 Å². The molecule has 1 atom stereocenters. The molecule has 1 heterocycles. The van der Waals surface area contributed by atoms with Gasteiger partial charge in [-0.1, -0.05) is 41.2 Å². The van der Waals surface area contributed by atoms with Crippen LogP contribution in [0, 0.1) is 0 Å². The van der Waals surface area contributed by atoms with Gasteiger partial charge < -0.3 is 5.32 Å². The first-order valence-electron chi connectivity index (χ1n) is 5.56. The van der Waals surface area contributed by atoms with Gasteiger partial charge in [-0.25, -0.2) is 0 Å². The fourth-order valence-electron chi connectivity index (χ4n) is 1.36. The number of nitrogens with one attached hydrogen (secondary N) is 1. The van der Waals surface area contributed by atoms with Gasteiger partial charge in [0.25, 0.3) is 5.91 Å². The van der Waals surface area contributed by atoms with Crippen molar-refractivity contribution in [1.29, 1.82) is 0 Å². The second-order valence-electron chi connectivity index (χ2n) is 5.05. The summed E-state index contributed by atoms with van der Waals surface area (Å²) in [7, 11) is 0. The summed E-state index contributed by atoms with van der Waals surface area (Å²) in [5.41, 5.74) is 0.615. The van der Waals surface area contributed by atoms with Crippen LogP contribution in [0.1, 0.15) is 49.5 Å². The largest absolute Gasteiger partial charge is 0.349 e. The van der Waals surface area contributed by atoms with Crippen LogP contribution in [0.5, 0.6) is 0 Å². The third kappa shape index (κ3) is 4.03. The number of hydrogen-bond donors (Lipinski definition) is 1. The van der Waals surface area contributed by atoms with E-state index in [0.717, 1.165) is 29.0 Å². The van der Waals surface area contributed by atoms with Crippen molar-refractivity contribution in [3.63, 3.8) is 0 Å². The fraction of sp³-hybridized carbons (Fsp3) is 0.727. The van der Waals surface area contributed by atoms with Gasteiger partial charge in [-0.3, -0.25) is 4.79 Å². The lowest BCUT2D eigenvalue weighted by atomic mass is 9.91. The first-order chi connectivity index (χ1) is 7.86. The van der Waals surface area contributed by atoms with Crippen LogP contribution in [0.15, 0.2) is 0 Å². The first-order valence-corrected chi connectivity index (χ1v) is 7.45. The number of aromatic nitrogens is 2. The molecule has 4 nitrogen and oxygen atoms in total. The van der Waals surface area contributed by atoms with Crippen LogP contribution in [0.3, 0.4) is 0 Å². The summed E-state index contributed by atoms with van der Waals surface area (Å²) in [6.45, 7) is 8.08. The monoisotopic (exact) mass is 319 g/mol. The van der Waals surface area contributed by atoms with Gasteiger partial charge in [0.05, 0.1) is 5.69 Å². The average molecular weight is 320 g/mol. The number of carbonyl (C=O) groups is 1. The van der Waals surface area contributed by atoms with Crippen molar-refractivity contribution in [3.05, 3.63) is 10.6 Å². The summed E-state index contributed by atoms with van der Waals surface area (Å²) in [4.78, 5) is 12.7. The molecule has 0 aliphatic carbocycles. The van der Waals surface area contributed by atoms with Crippen molar-refractivity contribution < 1.29 is 4.79 Å². The smallest absolute Gasteiger partial charge is 0.265 e. The molecule has 1 unspecified atom stereocenters. The van der Waals surface area contributed by atoms with E-state index in [9.17, 15) is 4.79 Å². The Labute approximate surface area is 114 Å². The first kappa shape index (κ1) is 14.6. The Bertz CT molecular complexity index is 386. The standard InChI is InChI=1S/C11H18BrN3OS/c1-7(5-6-12)13-10(16)8-9(11(2,3)4)14-15-17-8/h7H,5-6H2,1-4H3,(H,13,16). The maximum Gasteiger partial charge on any atom is 0.265 e. The topological polar surface area (TPSA) is 54.9 Å². The highest BCUT2D eigenvalue weighted by atomic mass is 79.9. The van der Waals surface area contributed by atoms with Gasteiger partial charge in [0.2, 0.25) is 0 Å². The van der Waals surface area contributed by atoms with Gasteiger partial charge in [-0.15, -0.1) is 5.10 Å². The molecule has 0 saturated heterocycles. The molecule has 96 valence electrons. The van der Waals surface area contributed by atoms with Gasteiger partial charge in [0, 0.05) is 16.8 Å². The summed E-state index contributed by atoms with van der Waals surface area (Å²) in [5.74, 6) is -0.0709. The van der Waals surface area contributed by atoms with E-state index in [1.165, 1.54) is 0 Å². The Morgan fingerprint density at radius 1 is 1.53 bits per heavy atom. The van der Waals surface area contributed by atoms with Crippen molar-refractivity contribution in [2.75, 3.05) is 5.33 Å².